The zero-order chi connectivity index (χ0) is 12.8. The second kappa shape index (κ2) is 7.30. The lowest BCUT2D eigenvalue weighted by atomic mass is 9.85. The standard InChI is InChI=1S/C16H24BrN/c1-2-18-12-15(13-7-3-4-8-13)11-14-9-5-6-10-16(14)17/h5-6,9-10,13,15,18H,2-4,7-8,11-12H2,1H3. The molecular formula is C16H24BrN. The van der Waals surface area contributed by atoms with Crippen LogP contribution in [0.25, 0.3) is 0 Å². The van der Waals surface area contributed by atoms with Crippen LogP contribution in [0.5, 0.6) is 0 Å². The third-order valence-electron chi connectivity index (χ3n) is 4.16. The van der Waals surface area contributed by atoms with Crippen molar-refractivity contribution < 1.29 is 0 Å². The molecule has 0 amide bonds. The fourth-order valence-corrected chi connectivity index (χ4v) is 3.56. The first-order valence-electron chi connectivity index (χ1n) is 7.25. The van der Waals surface area contributed by atoms with Gasteiger partial charge in [0.05, 0.1) is 0 Å². The first kappa shape index (κ1) is 14.1. The second-order valence-electron chi connectivity index (χ2n) is 5.41. The van der Waals surface area contributed by atoms with Crippen LogP contribution in [0.3, 0.4) is 0 Å². The zero-order valence-electron chi connectivity index (χ0n) is 11.3. The van der Waals surface area contributed by atoms with Crippen LogP contribution in [0.4, 0.5) is 0 Å². The number of hydrogen-bond donors (Lipinski definition) is 1. The smallest absolute Gasteiger partial charge is 0.0207 e. The van der Waals surface area contributed by atoms with Crippen LogP contribution in [0.2, 0.25) is 0 Å². The largest absolute Gasteiger partial charge is 0.317 e. The Morgan fingerprint density at radius 3 is 2.67 bits per heavy atom. The third kappa shape index (κ3) is 3.83. The summed E-state index contributed by atoms with van der Waals surface area (Å²) in [6.45, 7) is 4.45. The van der Waals surface area contributed by atoms with E-state index in [1.54, 1.807) is 0 Å². The van der Waals surface area contributed by atoms with Crippen molar-refractivity contribution in [1.82, 2.24) is 5.32 Å². The zero-order valence-corrected chi connectivity index (χ0v) is 12.9. The van der Waals surface area contributed by atoms with E-state index in [0.717, 1.165) is 18.4 Å². The second-order valence-corrected chi connectivity index (χ2v) is 6.26. The monoisotopic (exact) mass is 309 g/mol. The highest BCUT2D eigenvalue weighted by Gasteiger charge is 2.25. The van der Waals surface area contributed by atoms with Gasteiger partial charge in [-0.25, -0.2) is 0 Å². The lowest BCUT2D eigenvalue weighted by Crippen LogP contribution is -2.29. The van der Waals surface area contributed by atoms with Gasteiger partial charge in [-0.05, 0) is 43.0 Å². The van der Waals surface area contributed by atoms with E-state index in [0.29, 0.717) is 0 Å². The maximum Gasteiger partial charge on any atom is 0.0207 e. The van der Waals surface area contributed by atoms with E-state index in [-0.39, 0.29) is 0 Å². The van der Waals surface area contributed by atoms with E-state index in [9.17, 15) is 0 Å². The molecule has 0 bridgehead atoms. The van der Waals surface area contributed by atoms with E-state index in [1.807, 2.05) is 0 Å². The Hall–Kier alpha value is -0.340. The SMILES string of the molecule is CCNCC(Cc1ccccc1Br)C1CCCC1. The lowest BCUT2D eigenvalue weighted by molar-refractivity contribution is 0.323. The predicted molar refractivity (Wildman–Crippen MR) is 81.8 cm³/mol. The molecule has 1 fully saturated rings. The molecule has 18 heavy (non-hydrogen) atoms. The van der Waals surface area contributed by atoms with Crippen molar-refractivity contribution in [2.75, 3.05) is 13.1 Å². The summed E-state index contributed by atoms with van der Waals surface area (Å²) in [5, 5.41) is 3.55. The first-order chi connectivity index (χ1) is 8.81. The van der Waals surface area contributed by atoms with Gasteiger partial charge in [0.1, 0.15) is 0 Å². The van der Waals surface area contributed by atoms with E-state index in [1.165, 1.54) is 48.7 Å². The molecule has 0 aromatic heterocycles. The molecule has 0 spiro atoms. The summed E-state index contributed by atoms with van der Waals surface area (Å²) in [5.74, 6) is 1.72. The highest BCUT2D eigenvalue weighted by Crippen LogP contribution is 2.34. The molecule has 1 nitrogen and oxygen atoms in total. The van der Waals surface area contributed by atoms with Gasteiger partial charge in [-0.3, -0.25) is 0 Å². The van der Waals surface area contributed by atoms with Gasteiger partial charge >= 0.3 is 0 Å². The van der Waals surface area contributed by atoms with E-state index < -0.39 is 0 Å². The Morgan fingerprint density at radius 1 is 1.28 bits per heavy atom. The van der Waals surface area contributed by atoms with Crippen LogP contribution in [-0.2, 0) is 6.42 Å². The van der Waals surface area contributed by atoms with Crippen molar-refractivity contribution in [3.63, 3.8) is 0 Å². The third-order valence-corrected chi connectivity index (χ3v) is 4.94. The average molecular weight is 310 g/mol. The van der Waals surface area contributed by atoms with Crippen molar-refractivity contribution in [2.24, 2.45) is 11.8 Å². The molecule has 0 saturated heterocycles. The number of hydrogen-bond acceptors (Lipinski definition) is 1. The minimum Gasteiger partial charge on any atom is -0.317 e. The Balaban J connectivity index is 2.02. The number of halogens is 1. The first-order valence-corrected chi connectivity index (χ1v) is 8.04. The minimum absolute atomic E-state index is 0.797. The van der Waals surface area contributed by atoms with Crippen LogP contribution >= 0.6 is 15.9 Å². The Kier molecular flexibility index (Phi) is 5.71. The van der Waals surface area contributed by atoms with E-state index >= 15 is 0 Å². The maximum absolute atomic E-state index is 3.68. The van der Waals surface area contributed by atoms with E-state index in [2.05, 4.69) is 52.4 Å². The lowest BCUT2D eigenvalue weighted by Gasteiger charge is -2.24. The molecule has 0 radical (unpaired) electrons. The summed E-state index contributed by atoms with van der Waals surface area (Å²) in [6.07, 6.45) is 6.94. The van der Waals surface area contributed by atoms with Crippen molar-refractivity contribution in [3.8, 4) is 0 Å². The van der Waals surface area contributed by atoms with Crippen molar-refractivity contribution in [1.29, 1.82) is 0 Å². The minimum atomic E-state index is 0.797. The topological polar surface area (TPSA) is 12.0 Å². The van der Waals surface area contributed by atoms with Gasteiger partial charge in [0, 0.05) is 4.47 Å². The molecule has 1 aromatic rings. The van der Waals surface area contributed by atoms with Gasteiger partial charge < -0.3 is 5.32 Å². The van der Waals surface area contributed by atoms with Crippen LogP contribution in [0.1, 0.15) is 38.2 Å². The fraction of sp³-hybridized carbons (Fsp3) is 0.625. The molecule has 1 aliphatic carbocycles. The molecule has 100 valence electrons. The molecule has 1 N–H and O–H groups in total. The number of rotatable bonds is 6. The highest BCUT2D eigenvalue weighted by molar-refractivity contribution is 9.10. The molecule has 0 aliphatic heterocycles. The molecule has 1 aromatic carbocycles. The summed E-state index contributed by atoms with van der Waals surface area (Å²) in [4.78, 5) is 0. The highest BCUT2D eigenvalue weighted by atomic mass is 79.9. The summed E-state index contributed by atoms with van der Waals surface area (Å²) < 4.78 is 1.27. The molecule has 1 saturated carbocycles. The molecule has 2 heteroatoms. The predicted octanol–water partition coefficient (Wildman–Crippen LogP) is 4.41. The van der Waals surface area contributed by atoms with E-state index in [4.69, 9.17) is 0 Å². The molecule has 1 aliphatic rings. The molecule has 1 unspecified atom stereocenters. The Labute approximate surface area is 119 Å². The van der Waals surface area contributed by atoms with Crippen LogP contribution in [0.15, 0.2) is 28.7 Å². The van der Waals surface area contributed by atoms with Gasteiger partial charge in [0.15, 0.2) is 0 Å². The summed E-state index contributed by atoms with van der Waals surface area (Å²) >= 11 is 3.68. The van der Waals surface area contributed by atoms with Crippen LogP contribution in [-0.4, -0.2) is 13.1 Å². The van der Waals surface area contributed by atoms with Crippen LogP contribution in [0, 0.1) is 11.8 Å². The van der Waals surface area contributed by atoms with Crippen LogP contribution < -0.4 is 5.32 Å². The van der Waals surface area contributed by atoms with Crippen molar-refractivity contribution in [3.05, 3.63) is 34.3 Å². The van der Waals surface area contributed by atoms with Gasteiger partial charge in [-0.2, -0.15) is 0 Å². The molecular weight excluding hydrogens is 286 g/mol. The quantitative estimate of drug-likeness (QED) is 0.821. The normalized spacial score (nSPS) is 18.1. The summed E-state index contributed by atoms with van der Waals surface area (Å²) in [5.41, 5.74) is 1.47. The molecule has 0 heterocycles. The molecule has 2 rings (SSSR count). The van der Waals surface area contributed by atoms with Crippen molar-refractivity contribution in [2.45, 2.75) is 39.0 Å². The number of benzene rings is 1. The fourth-order valence-electron chi connectivity index (χ4n) is 3.11. The van der Waals surface area contributed by atoms with Gasteiger partial charge in [-0.15, -0.1) is 0 Å². The summed E-state index contributed by atoms with van der Waals surface area (Å²) in [6, 6.07) is 8.67. The Bertz CT molecular complexity index is 358. The average Bonchev–Trinajstić information content (AvgIpc) is 2.90. The number of nitrogens with one attached hydrogen (secondary N) is 1. The molecule has 1 atom stereocenters. The van der Waals surface area contributed by atoms with Crippen molar-refractivity contribution >= 4 is 15.9 Å². The Morgan fingerprint density at radius 2 is 2.00 bits per heavy atom. The van der Waals surface area contributed by atoms with Gasteiger partial charge in [-0.1, -0.05) is 66.7 Å². The van der Waals surface area contributed by atoms with Gasteiger partial charge in [0.2, 0.25) is 0 Å². The summed E-state index contributed by atoms with van der Waals surface area (Å²) in [7, 11) is 0. The van der Waals surface area contributed by atoms with Gasteiger partial charge in [0.25, 0.3) is 0 Å². The maximum atomic E-state index is 3.68.